The summed E-state index contributed by atoms with van der Waals surface area (Å²) in [6.45, 7) is 1.89. The van der Waals surface area contributed by atoms with Gasteiger partial charge in [-0.1, -0.05) is 18.6 Å². The highest BCUT2D eigenvalue weighted by Crippen LogP contribution is 2.44. The van der Waals surface area contributed by atoms with Crippen molar-refractivity contribution in [3.05, 3.63) is 42.2 Å². The number of nitrogens with one attached hydrogen (secondary N) is 1. The van der Waals surface area contributed by atoms with Crippen LogP contribution in [-0.2, 0) is 9.59 Å². The Labute approximate surface area is 140 Å². The summed E-state index contributed by atoms with van der Waals surface area (Å²) in [6.07, 6.45) is 3.68. The number of carboxylic acid groups (broad SMARTS) is 1. The van der Waals surface area contributed by atoms with Gasteiger partial charge in [0.2, 0.25) is 5.91 Å². The number of hydrogen-bond donors (Lipinski definition) is 2. The molecule has 0 bridgehead atoms. The van der Waals surface area contributed by atoms with Crippen molar-refractivity contribution in [2.45, 2.75) is 32.6 Å². The number of benzene rings is 1. The number of amides is 1. The first-order chi connectivity index (χ1) is 11.5. The molecule has 0 unspecified atom stereocenters. The van der Waals surface area contributed by atoms with E-state index in [9.17, 15) is 14.7 Å². The number of carbonyl (C=O) groups excluding carboxylic acids is 1. The van der Waals surface area contributed by atoms with Gasteiger partial charge in [0.25, 0.3) is 0 Å². The summed E-state index contributed by atoms with van der Waals surface area (Å²) in [7, 11) is 0. The normalized spacial score (nSPS) is 15.4. The Morgan fingerprint density at radius 3 is 2.71 bits per heavy atom. The van der Waals surface area contributed by atoms with Crippen molar-refractivity contribution < 1.29 is 14.7 Å². The second kappa shape index (κ2) is 6.39. The van der Waals surface area contributed by atoms with Gasteiger partial charge in [0.05, 0.1) is 5.41 Å². The Balaban J connectivity index is 1.73. The lowest BCUT2D eigenvalue weighted by atomic mass is 9.66. The number of hydrogen-bond acceptors (Lipinski definition) is 4. The highest BCUT2D eigenvalue weighted by molar-refractivity contribution is 5.95. The third kappa shape index (κ3) is 3.27. The van der Waals surface area contributed by atoms with Gasteiger partial charge in [-0.25, -0.2) is 9.97 Å². The van der Waals surface area contributed by atoms with Crippen molar-refractivity contribution >= 4 is 17.6 Å². The summed E-state index contributed by atoms with van der Waals surface area (Å²) >= 11 is 0. The fourth-order valence-electron chi connectivity index (χ4n) is 2.91. The summed E-state index contributed by atoms with van der Waals surface area (Å²) in [5.74, 6) is -0.572. The molecule has 0 atom stereocenters. The first-order valence-corrected chi connectivity index (χ1v) is 7.92. The molecule has 0 radical (unpaired) electrons. The van der Waals surface area contributed by atoms with Crippen molar-refractivity contribution in [3.63, 3.8) is 0 Å². The maximum Gasteiger partial charge on any atom is 0.310 e. The van der Waals surface area contributed by atoms with Crippen molar-refractivity contribution in [1.82, 2.24) is 9.97 Å². The molecule has 0 aliphatic heterocycles. The molecule has 1 aliphatic rings. The molecule has 0 saturated heterocycles. The van der Waals surface area contributed by atoms with Crippen LogP contribution in [0.1, 0.15) is 31.4 Å². The predicted octanol–water partition coefficient (Wildman–Crippen LogP) is 3.04. The lowest BCUT2D eigenvalue weighted by molar-refractivity contribution is -0.157. The average Bonchev–Trinajstić information content (AvgIpc) is 2.51. The first kappa shape index (κ1) is 16.1. The molecule has 1 amide bonds. The smallest absolute Gasteiger partial charge is 0.310 e. The van der Waals surface area contributed by atoms with Crippen LogP contribution in [0.2, 0.25) is 0 Å². The molecule has 0 spiro atoms. The van der Waals surface area contributed by atoms with E-state index in [0.717, 1.165) is 17.7 Å². The van der Waals surface area contributed by atoms with Gasteiger partial charge in [0.1, 0.15) is 0 Å². The van der Waals surface area contributed by atoms with E-state index >= 15 is 0 Å². The second-order valence-corrected chi connectivity index (χ2v) is 6.27. The zero-order chi connectivity index (χ0) is 17.2. The Bertz CT molecular complexity index is 785. The molecule has 3 rings (SSSR count). The van der Waals surface area contributed by atoms with Gasteiger partial charge in [-0.05, 0) is 38.0 Å². The minimum absolute atomic E-state index is 0.00745. The van der Waals surface area contributed by atoms with E-state index in [2.05, 4.69) is 15.3 Å². The highest BCUT2D eigenvalue weighted by Gasteiger charge is 2.45. The van der Waals surface area contributed by atoms with Crippen molar-refractivity contribution in [1.29, 1.82) is 0 Å². The minimum Gasteiger partial charge on any atom is -0.481 e. The number of anilines is 1. The molecule has 6 nitrogen and oxygen atoms in total. The van der Waals surface area contributed by atoms with Gasteiger partial charge in [-0.3, -0.25) is 9.59 Å². The molecule has 6 heteroatoms. The summed E-state index contributed by atoms with van der Waals surface area (Å²) in [5.41, 5.74) is 1.39. The molecule has 1 saturated carbocycles. The van der Waals surface area contributed by atoms with Crippen LogP contribution in [-0.4, -0.2) is 27.0 Å². The van der Waals surface area contributed by atoms with Crippen LogP contribution in [0.4, 0.5) is 5.69 Å². The van der Waals surface area contributed by atoms with Gasteiger partial charge in [-0.2, -0.15) is 0 Å². The molecule has 1 heterocycles. The molecule has 1 fully saturated rings. The second-order valence-electron chi connectivity index (χ2n) is 6.27. The molecule has 1 aromatic heterocycles. The van der Waals surface area contributed by atoms with Crippen molar-refractivity contribution in [2.75, 3.05) is 5.32 Å². The first-order valence-electron chi connectivity index (χ1n) is 7.92. The van der Waals surface area contributed by atoms with Crippen LogP contribution < -0.4 is 5.32 Å². The summed E-state index contributed by atoms with van der Waals surface area (Å²) in [4.78, 5) is 32.2. The molecule has 1 aliphatic carbocycles. The van der Waals surface area contributed by atoms with Gasteiger partial charge in [-0.15, -0.1) is 0 Å². The van der Waals surface area contributed by atoms with E-state index < -0.39 is 11.4 Å². The third-order valence-electron chi connectivity index (χ3n) is 4.46. The molecule has 2 N–H and O–H groups in total. The van der Waals surface area contributed by atoms with Gasteiger partial charge in [0, 0.05) is 29.6 Å². The van der Waals surface area contributed by atoms with Crippen molar-refractivity contribution in [2.24, 2.45) is 5.41 Å². The fourth-order valence-corrected chi connectivity index (χ4v) is 2.91. The van der Waals surface area contributed by atoms with Gasteiger partial charge in [0.15, 0.2) is 5.82 Å². The Kier molecular flexibility index (Phi) is 4.29. The molecule has 124 valence electrons. The van der Waals surface area contributed by atoms with Crippen molar-refractivity contribution in [3.8, 4) is 11.4 Å². The van der Waals surface area contributed by atoms with E-state index in [4.69, 9.17) is 0 Å². The zero-order valence-electron chi connectivity index (χ0n) is 13.5. The average molecular weight is 325 g/mol. The Hall–Kier alpha value is -2.76. The highest BCUT2D eigenvalue weighted by atomic mass is 16.4. The number of rotatable bonds is 5. The summed E-state index contributed by atoms with van der Waals surface area (Å²) in [5, 5.41) is 12.1. The summed E-state index contributed by atoms with van der Waals surface area (Å²) < 4.78 is 0. The number of aromatic nitrogens is 2. The topological polar surface area (TPSA) is 92.2 Å². The van der Waals surface area contributed by atoms with Gasteiger partial charge >= 0.3 is 5.97 Å². The van der Waals surface area contributed by atoms with Crippen LogP contribution in [0.5, 0.6) is 0 Å². The van der Waals surface area contributed by atoms with E-state index in [-0.39, 0.29) is 12.3 Å². The minimum atomic E-state index is -0.888. The number of nitrogens with zero attached hydrogens (tertiary/aromatic N) is 2. The monoisotopic (exact) mass is 325 g/mol. The Morgan fingerprint density at radius 1 is 1.29 bits per heavy atom. The predicted molar refractivity (Wildman–Crippen MR) is 89.4 cm³/mol. The summed E-state index contributed by atoms with van der Waals surface area (Å²) in [6, 6.07) is 9.06. The van der Waals surface area contributed by atoms with E-state index in [1.807, 2.05) is 25.1 Å². The lowest BCUT2D eigenvalue weighted by Gasteiger charge is -2.36. The largest absolute Gasteiger partial charge is 0.481 e. The zero-order valence-corrected chi connectivity index (χ0v) is 13.5. The van der Waals surface area contributed by atoms with Gasteiger partial charge < -0.3 is 10.4 Å². The molecule has 2 aromatic rings. The number of carbonyl (C=O) groups is 2. The molecule has 24 heavy (non-hydrogen) atoms. The molecular formula is C18H19N3O3. The van der Waals surface area contributed by atoms with Crippen LogP contribution >= 0.6 is 0 Å². The maximum atomic E-state index is 12.2. The maximum absolute atomic E-state index is 12.2. The SMILES string of the molecule is Cc1ccnc(-c2cccc(NC(=O)CC3(C(=O)O)CCC3)c2)n1. The fraction of sp³-hybridized carbons (Fsp3) is 0.333. The number of aliphatic carboxylic acids is 1. The Morgan fingerprint density at radius 2 is 2.08 bits per heavy atom. The standard InChI is InChI=1S/C18H19N3O3/c1-12-6-9-19-16(20-12)13-4-2-5-14(10-13)21-15(22)11-18(17(23)24)7-3-8-18/h2,4-6,9-10H,3,7-8,11H2,1H3,(H,21,22)(H,23,24). The van der Waals surface area contributed by atoms with E-state index in [0.29, 0.717) is 24.4 Å². The third-order valence-corrected chi connectivity index (χ3v) is 4.46. The van der Waals surface area contributed by atoms with E-state index in [1.54, 1.807) is 18.3 Å². The molecule has 1 aromatic carbocycles. The van der Waals surface area contributed by atoms with Crippen LogP contribution in [0, 0.1) is 12.3 Å². The number of carboxylic acids is 1. The van der Waals surface area contributed by atoms with Crippen LogP contribution in [0.15, 0.2) is 36.5 Å². The molecular weight excluding hydrogens is 306 g/mol. The van der Waals surface area contributed by atoms with E-state index in [1.165, 1.54) is 0 Å². The quantitative estimate of drug-likeness (QED) is 0.881. The number of aryl methyl sites for hydroxylation is 1. The van der Waals surface area contributed by atoms with Crippen LogP contribution in [0.25, 0.3) is 11.4 Å². The van der Waals surface area contributed by atoms with Crippen LogP contribution in [0.3, 0.4) is 0 Å². The lowest BCUT2D eigenvalue weighted by Crippen LogP contribution is -2.41.